The molecule has 4 atom stereocenters. The van der Waals surface area contributed by atoms with E-state index in [2.05, 4.69) is 13.8 Å². The molecule has 2 saturated heterocycles. The number of ether oxygens (including phenoxy) is 1. The molecule has 2 N–H and O–H groups in total. The van der Waals surface area contributed by atoms with Crippen LogP contribution < -0.4 is 5.73 Å². The van der Waals surface area contributed by atoms with E-state index in [-0.39, 0.29) is 18.1 Å². The molecule has 0 bridgehead atoms. The van der Waals surface area contributed by atoms with Crippen molar-refractivity contribution in [2.75, 3.05) is 13.1 Å². The Hall–Kier alpha value is -0.610. The minimum absolute atomic E-state index is 0.0847. The van der Waals surface area contributed by atoms with Gasteiger partial charge in [0.1, 0.15) is 6.10 Å². The van der Waals surface area contributed by atoms with E-state index in [0.29, 0.717) is 18.5 Å². The van der Waals surface area contributed by atoms with Crippen LogP contribution in [0.3, 0.4) is 0 Å². The van der Waals surface area contributed by atoms with E-state index in [1.54, 1.807) is 0 Å². The molecule has 2 aliphatic rings. The molecule has 4 heteroatoms. The third kappa shape index (κ3) is 2.63. The average molecular weight is 240 g/mol. The lowest BCUT2D eigenvalue weighted by Gasteiger charge is -2.39. The van der Waals surface area contributed by atoms with Gasteiger partial charge in [0.2, 0.25) is 0 Å². The molecule has 4 nitrogen and oxygen atoms in total. The lowest BCUT2D eigenvalue weighted by Crippen LogP contribution is -2.50. The fourth-order valence-corrected chi connectivity index (χ4v) is 2.89. The molecule has 0 aromatic rings. The number of likely N-dealkylation sites (tertiary alicyclic amines) is 1. The van der Waals surface area contributed by atoms with Crippen LogP contribution in [0.15, 0.2) is 0 Å². The van der Waals surface area contributed by atoms with Crippen molar-refractivity contribution in [2.24, 2.45) is 11.7 Å². The minimum atomic E-state index is -0.240. The molecule has 2 rings (SSSR count). The van der Waals surface area contributed by atoms with Crippen molar-refractivity contribution in [3.05, 3.63) is 0 Å². The van der Waals surface area contributed by atoms with Crippen LogP contribution in [0, 0.1) is 5.92 Å². The number of piperidine rings is 1. The van der Waals surface area contributed by atoms with Crippen molar-refractivity contribution in [3.8, 4) is 0 Å². The van der Waals surface area contributed by atoms with Gasteiger partial charge in [-0.1, -0.05) is 6.92 Å². The summed E-state index contributed by atoms with van der Waals surface area (Å²) < 4.78 is 5.69. The lowest BCUT2D eigenvalue weighted by molar-refractivity contribution is -0.147. The van der Waals surface area contributed by atoms with Crippen LogP contribution in [0.1, 0.15) is 39.5 Å². The summed E-state index contributed by atoms with van der Waals surface area (Å²) in [6, 6.07) is 0.344. The van der Waals surface area contributed by atoms with Crippen molar-refractivity contribution >= 4 is 5.91 Å². The van der Waals surface area contributed by atoms with Gasteiger partial charge in [0.05, 0.1) is 6.10 Å². The molecule has 0 aromatic heterocycles. The predicted molar refractivity (Wildman–Crippen MR) is 66.5 cm³/mol. The predicted octanol–water partition coefficient (Wildman–Crippen LogP) is 1.14. The van der Waals surface area contributed by atoms with Crippen LogP contribution in [-0.2, 0) is 9.53 Å². The van der Waals surface area contributed by atoms with Crippen LogP contribution in [0.2, 0.25) is 0 Å². The highest BCUT2D eigenvalue weighted by atomic mass is 16.5. The Morgan fingerprint density at radius 1 is 1.35 bits per heavy atom. The van der Waals surface area contributed by atoms with Gasteiger partial charge >= 0.3 is 0 Å². The summed E-state index contributed by atoms with van der Waals surface area (Å²) in [4.78, 5) is 14.4. The van der Waals surface area contributed by atoms with Crippen molar-refractivity contribution in [3.63, 3.8) is 0 Å². The maximum Gasteiger partial charge on any atom is 0.251 e. The second-order valence-electron chi connectivity index (χ2n) is 5.45. The number of nitrogens with two attached hydrogens (primary N) is 1. The second-order valence-corrected chi connectivity index (χ2v) is 5.45. The fraction of sp³-hybridized carbons (Fsp3) is 0.923. The van der Waals surface area contributed by atoms with E-state index < -0.39 is 0 Å². The molecule has 2 heterocycles. The highest BCUT2D eigenvalue weighted by molar-refractivity contribution is 5.81. The molecule has 2 aliphatic heterocycles. The van der Waals surface area contributed by atoms with Gasteiger partial charge in [-0.05, 0) is 38.5 Å². The Morgan fingerprint density at radius 3 is 2.76 bits per heavy atom. The highest BCUT2D eigenvalue weighted by Crippen LogP contribution is 2.27. The molecule has 0 aliphatic carbocycles. The first kappa shape index (κ1) is 12.8. The quantitative estimate of drug-likeness (QED) is 0.787. The van der Waals surface area contributed by atoms with Crippen molar-refractivity contribution in [1.82, 2.24) is 4.90 Å². The molecular weight excluding hydrogens is 216 g/mol. The summed E-state index contributed by atoms with van der Waals surface area (Å²) in [5.74, 6) is 0.777. The molecular formula is C13H24N2O2. The van der Waals surface area contributed by atoms with Gasteiger partial charge in [0.15, 0.2) is 0 Å². The Labute approximate surface area is 103 Å². The monoisotopic (exact) mass is 240 g/mol. The molecule has 0 spiro atoms. The van der Waals surface area contributed by atoms with Crippen molar-refractivity contribution in [1.29, 1.82) is 0 Å². The average Bonchev–Trinajstić information content (AvgIpc) is 2.80. The molecule has 1 amide bonds. The number of hydrogen-bond acceptors (Lipinski definition) is 3. The summed E-state index contributed by atoms with van der Waals surface area (Å²) in [7, 11) is 0. The largest absolute Gasteiger partial charge is 0.364 e. The van der Waals surface area contributed by atoms with Gasteiger partial charge in [0, 0.05) is 19.1 Å². The fourth-order valence-electron chi connectivity index (χ4n) is 2.89. The van der Waals surface area contributed by atoms with E-state index in [0.717, 1.165) is 25.8 Å². The van der Waals surface area contributed by atoms with E-state index in [4.69, 9.17) is 10.5 Å². The number of hydrogen-bond donors (Lipinski definition) is 1. The number of rotatable bonds is 2. The first-order valence-electron chi connectivity index (χ1n) is 6.79. The Kier molecular flexibility index (Phi) is 4.05. The molecule has 2 unspecified atom stereocenters. The maximum absolute atomic E-state index is 12.4. The molecule has 98 valence electrons. The zero-order valence-corrected chi connectivity index (χ0v) is 10.9. The molecule has 2 fully saturated rings. The zero-order chi connectivity index (χ0) is 12.4. The Bertz CT molecular complexity index is 283. The highest BCUT2D eigenvalue weighted by Gasteiger charge is 2.36. The third-order valence-electron chi connectivity index (χ3n) is 4.30. The molecule has 0 aromatic carbocycles. The summed E-state index contributed by atoms with van der Waals surface area (Å²) in [6.45, 7) is 5.78. The standard InChI is InChI=1S/C13H24N2O2/c1-9-4-3-7-15(10(9)2)13(16)12-6-5-11(8-14)17-12/h9-12H,3-8,14H2,1-2H3/t9?,10?,11-,12+/m1/s1. The van der Waals surface area contributed by atoms with Crippen molar-refractivity contribution in [2.45, 2.75) is 57.8 Å². The van der Waals surface area contributed by atoms with E-state index in [1.807, 2.05) is 4.90 Å². The Morgan fingerprint density at radius 2 is 2.12 bits per heavy atom. The van der Waals surface area contributed by atoms with Gasteiger partial charge in [0.25, 0.3) is 5.91 Å². The van der Waals surface area contributed by atoms with Crippen LogP contribution in [0.5, 0.6) is 0 Å². The normalized spacial score (nSPS) is 38.4. The number of carbonyl (C=O) groups is 1. The Balaban J connectivity index is 1.95. The first-order valence-corrected chi connectivity index (χ1v) is 6.79. The molecule has 17 heavy (non-hydrogen) atoms. The van der Waals surface area contributed by atoms with E-state index >= 15 is 0 Å². The number of nitrogens with zero attached hydrogens (tertiary/aromatic N) is 1. The minimum Gasteiger partial charge on any atom is -0.364 e. The summed E-state index contributed by atoms with van der Waals surface area (Å²) in [6.07, 6.45) is 3.94. The van der Waals surface area contributed by atoms with Gasteiger partial charge in [-0.3, -0.25) is 4.79 Å². The van der Waals surface area contributed by atoms with E-state index in [1.165, 1.54) is 6.42 Å². The second kappa shape index (κ2) is 5.36. The van der Waals surface area contributed by atoms with Crippen molar-refractivity contribution < 1.29 is 9.53 Å². The first-order chi connectivity index (χ1) is 8.13. The lowest BCUT2D eigenvalue weighted by atomic mass is 9.91. The van der Waals surface area contributed by atoms with Gasteiger partial charge in [-0.2, -0.15) is 0 Å². The number of carbonyl (C=O) groups excluding carboxylic acids is 1. The summed E-state index contributed by atoms with van der Waals surface area (Å²) in [5, 5.41) is 0. The summed E-state index contributed by atoms with van der Waals surface area (Å²) in [5.41, 5.74) is 5.57. The van der Waals surface area contributed by atoms with Crippen LogP contribution in [0.4, 0.5) is 0 Å². The van der Waals surface area contributed by atoms with Gasteiger partial charge in [-0.15, -0.1) is 0 Å². The zero-order valence-electron chi connectivity index (χ0n) is 10.9. The smallest absolute Gasteiger partial charge is 0.251 e. The van der Waals surface area contributed by atoms with Crippen LogP contribution in [-0.4, -0.2) is 42.1 Å². The molecule has 0 saturated carbocycles. The van der Waals surface area contributed by atoms with Crippen LogP contribution in [0.25, 0.3) is 0 Å². The number of amides is 1. The topological polar surface area (TPSA) is 55.6 Å². The van der Waals surface area contributed by atoms with Crippen LogP contribution >= 0.6 is 0 Å². The molecule has 0 radical (unpaired) electrons. The van der Waals surface area contributed by atoms with E-state index in [9.17, 15) is 4.79 Å². The van der Waals surface area contributed by atoms with Gasteiger partial charge < -0.3 is 15.4 Å². The maximum atomic E-state index is 12.4. The third-order valence-corrected chi connectivity index (χ3v) is 4.30. The SMILES string of the molecule is CC1CCCN(C(=O)[C@@H]2CC[C@H](CN)O2)C1C. The summed E-state index contributed by atoms with van der Waals surface area (Å²) >= 11 is 0. The van der Waals surface area contributed by atoms with Gasteiger partial charge in [-0.25, -0.2) is 0 Å².